The normalized spacial score (nSPS) is 20.9. The molecule has 0 amide bonds. The van der Waals surface area contributed by atoms with E-state index in [0.717, 1.165) is 18.8 Å². The lowest BCUT2D eigenvalue weighted by Gasteiger charge is -2.09. The zero-order valence-electron chi connectivity index (χ0n) is 13.4. The van der Waals surface area contributed by atoms with Crippen LogP contribution in [-0.2, 0) is 11.2 Å². The van der Waals surface area contributed by atoms with Gasteiger partial charge in [-0.25, -0.2) is 0 Å². The van der Waals surface area contributed by atoms with Crippen LogP contribution in [0.15, 0.2) is 36.4 Å². The van der Waals surface area contributed by atoms with Crippen molar-refractivity contribution in [3.8, 4) is 5.75 Å². The van der Waals surface area contributed by atoms with Crippen molar-refractivity contribution in [3.05, 3.63) is 42.0 Å². The van der Waals surface area contributed by atoms with E-state index in [-0.39, 0.29) is 5.60 Å². The number of epoxide rings is 1. The van der Waals surface area contributed by atoms with Gasteiger partial charge in [-0.1, -0.05) is 50.5 Å². The van der Waals surface area contributed by atoms with Gasteiger partial charge in [0, 0.05) is 0 Å². The van der Waals surface area contributed by atoms with Crippen LogP contribution in [0.5, 0.6) is 5.75 Å². The van der Waals surface area contributed by atoms with Crippen LogP contribution < -0.4 is 4.74 Å². The van der Waals surface area contributed by atoms with Crippen LogP contribution in [0.4, 0.5) is 0 Å². The van der Waals surface area contributed by atoms with Gasteiger partial charge in [0.2, 0.25) is 0 Å². The first-order valence-electron chi connectivity index (χ1n) is 8.22. The Labute approximate surface area is 129 Å². The van der Waals surface area contributed by atoms with Crippen LogP contribution in [0.25, 0.3) is 0 Å². The highest BCUT2D eigenvalue weighted by atomic mass is 16.6. The number of benzene rings is 1. The highest BCUT2D eigenvalue weighted by Gasteiger charge is 2.40. The molecule has 1 fully saturated rings. The van der Waals surface area contributed by atoms with E-state index in [4.69, 9.17) is 9.47 Å². The van der Waals surface area contributed by atoms with Gasteiger partial charge in [-0.15, -0.1) is 0 Å². The molecule has 0 bridgehead atoms. The second-order valence-corrected chi connectivity index (χ2v) is 6.20. The molecule has 1 aromatic carbocycles. The summed E-state index contributed by atoms with van der Waals surface area (Å²) in [6, 6.07) is 8.39. The molecule has 1 saturated heterocycles. The van der Waals surface area contributed by atoms with Crippen molar-refractivity contribution < 1.29 is 9.47 Å². The SMILES string of the molecule is CCCCCC/C=C/Cc1ccc(OCC2(C)CO2)cc1. The summed E-state index contributed by atoms with van der Waals surface area (Å²) < 4.78 is 11.0. The van der Waals surface area contributed by atoms with Crippen LogP contribution in [0.3, 0.4) is 0 Å². The first-order chi connectivity index (χ1) is 10.2. The van der Waals surface area contributed by atoms with Gasteiger partial charge in [0.15, 0.2) is 0 Å². The Morgan fingerprint density at radius 2 is 1.90 bits per heavy atom. The molecule has 0 spiro atoms. The minimum Gasteiger partial charge on any atom is -0.491 e. The molecule has 0 aliphatic carbocycles. The van der Waals surface area contributed by atoms with E-state index in [9.17, 15) is 0 Å². The fourth-order valence-electron chi connectivity index (χ4n) is 2.19. The highest BCUT2D eigenvalue weighted by Crippen LogP contribution is 2.26. The molecular weight excluding hydrogens is 260 g/mol. The number of hydrogen-bond donors (Lipinski definition) is 0. The van der Waals surface area contributed by atoms with Gasteiger partial charge in [-0.2, -0.15) is 0 Å². The summed E-state index contributed by atoms with van der Waals surface area (Å²) in [7, 11) is 0. The Morgan fingerprint density at radius 1 is 1.14 bits per heavy atom. The van der Waals surface area contributed by atoms with Crippen molar-refractivity contribution in [2.24, 2.45) is 0 Å². The first kappa shape index (κ1) is 16.1. The molecule has 1 unspecified atom stereocenters. The second-order valence-electron chi connectivity index (χ2n) is 6.20. The zero-order chi connectivity index (χ0) is 15.0. The third kappa shape index (κ3) is 6.34. The molecular formula is C19H28O2. The minimum absolute atomic E-state index is 0.0425. The molecule has 1 heterocycles. The number of allylic oxidation sites excluding steroid dienone is 2. The van der Waals surface area contributed by atoms with Crippen molar-refractivity contribution >= 4 is 0 Å². The average Bonchev–Trinajstić information content (AvgIpc) is 3.24. The summed E-state index contributed by atoms with van der Waals surface area (Å²) in [6.45, 7) is 5.78. The molecule has 1 aliphatic heterocycles. The van der Waals surface area contributed by atoms with Crippen molar-refractivity contribution in [2.45, 2.75) is 58.0 Å². The molecule has 1 aromatic rings. The highest BCUT2D eigenvalue weighted by molar-refractivity contribution is 5.28. The van der Waals surface area contributed by atoms with Gasteiger partial charge in [0.1, 0.15) is 18.0 Å². The molecule has 0 aromatic heterocycles. The Morgan fingerprint density at radius 3 is 2.57 bits per heavy atom. The van der Waals surface area contributed by atoms with Gasteiger partial charge in [0.25, 0.3) is 0 Å². The fourth-order valence-corrected chi connectivity index (χ4v) is 2.19. The molecule has 21 heavy (non-hydrogen) atoms. The summed E-state index contributed by atoms with van der Waals surface area (Å²) in [4.78, 5) is 0. The largest absolute Gasteiger partial charge is 0.491 e. The predicted octanol–water partition coefficient (Wildman–Crippen LogP) is 4.92. The summed E-state index contributed by atoms with van der Waals surface area (Å²) in [5.41, 5.74) is 1.29. The fraction of sp³-hybridized carbons (Fsp3) is 0.579. The molecule has 116 valence electrons. The van der Waals surface area contributed by atoms with Gasteiger partial charge >= 0.3 is 0 Å². The van der Waals surface area contributed by atoms with Crippen molar-refractivity contribution in [1.29, 1.82) is 0 Å². The van der Waals surface area contributed by atoms with Crippen molar-refractivity contribution in [2.75, 3.05) is 13.2 Å². The van der Waals surface area contributed by atoms with E-state index >= 15 is 0 Å². The Bertz CT molecular complexity index is 429. The van der Waals surface area contributed by atoms with Crippen LogP contribution in [0.2, 0.25) is 0 Å². The van der Waals surface area contributed by atoms with Crippen LogP contribution in [0.1, 0.15) is 51.5 Å². The van der Waals surface area contributed by atoms with Crippen LogP contribution in [0, 0.1) is 0 Å². The van der Waals surface area contributed by atoms with Crippen molar-refractivity contribution in [3.63, 3.8) is 0 Å². The number of hydrogen-bond acceptors (Lipinski definition) is 2. The average molecular weight is 288 g/mol. The molecule has 1 atom stereocenters. The number of ether oxygens (including phenoxy) is 2. The van der Waals surface area contributed by atoms with E-state index in [1.165, 1.54) is 37.7 Å². The van der Waals surface area contributed by atoms with Gasteiger partial charge in [-0.05, 0) is 43.9 Å². The number of rotatable bonds is 10. The second kappa shape index (κ2) is 8.23. The maximum atomic E-state index is 5.73. The van der Waals surface area contributed by atoms with Gasteiger partial charge in [0.05, 0.1) is 6.61 Å². The van der Waals surface area contributed by atoms with E-state index in [0.29, 0.717) is 6.61 Å². The third-order valence-electron chi connectivity index (χ3n) is 3.85. The quantitative estimate of drug-likeness (QED) is 0.346. The van der Waals surface area contributed by atoms with Gasteiger partial charge < -0.3 is 9.47 Å². The third-order valence-corrected chi connectivity index (χ3v) is 3.85. The van der Waals surface area contributed by atoms with Crippen LogP contribution in [-0.4, -0.2) is 18.8 Å². The lowest BCUT2D eigenvalue weighted by Crippen LogP contribution is -2.16. The molecule has 0 saturated carbocycles. The molecule has 1 aliphatic rings. The Kier molecular flexibility index (Phi) is 6.31. The summed E-state index contributed by atoms with van der Waals surface area (Å²) in [6.07, 6.45) is 12.1. The predicted molar refractivity (Wildman–Crippen MR) is 87.9 cm³/mol. The maximum absolute atomic E-state index is 5.73. The van der Waals surface area contributed by atoms with E-state index in [1.807, 2.05) is 0 Å². The first-order valence-corrected chi connectivity index (χ1v) is 8.22. The zero-order valence-corrected chi connectivity index (χ0v) is 13.4. The van der Waals surface area contributed by atoms with Crippen molar-refractivity contribution in [1.82, 2.24) is 0 Å². The van der Waals surface area contributed by atoms with E-state index in [2.05, 4.69) is 50.3 Å². The molecule has 2 rings (SSSR count). The smallest absolute Gasteiger partial charge is 0.123 e. The minimum atomic E-state index is -0.0425. The molecule has 2 nitrogen and oxygen atoms in total. The summed E-state index contributed by atoms with van der Waals surface area (Å²) in [5, 5.41) is 0. The Balaban J connectivity index is 1.63. The number of unbranched alkanes of at least 4 members (excludes halogenated alkanes) is 4. The van der Waals surface area contributed by atoms with E-state index < -0.39 is 0 Å². The standard InChI is InChI=1S/C19H28O2/c1-3-4-5-6-7-8-9-10-17-11-13-18(14-12-17)20-15-19(2)16-21-19/h8-9,11-14H,3-7,10,15-16H2,1-2H3/b9-8+. The van der Waals surface area contributed by atoms with Gasteiger partial charge in [-0.3, -0.25) is 0 Å². The van der Waals surface area contributed by atoms with E-state index in [1.54, 1.807) is 0 Å². The van der Waals surface area contributed by atoms with Crippen LogP contribution >= 0.6 is 0 Å². The lowest BCUT2D eigenvalue weighted by atomic mass is 10.1. The topological polar surface area (TPSA) is 21.8 Å². The molecule has 2 heteroatoms. The summed E-state index contributed by atoms with van der Waals surface area (Å²) in [5.74, 6) is 0.930. The monoisotopic (exact) mass is 288 g/mol. The maximum Gasteiger partial charge on any atom is 0.123 e. The molecule has 0 radical (unpaired) electrons. The summed E-state index contributed by atoms with van der Waals surface area (Å²) >= 11 is 0. The lowest BCUT2D eigenvalue weighted by molar-refractivity contribution is 0.202. The molecule has 0 N–H and O–H groups in total. The Hall–Kier alpha value is -1.28.